The van der Waals surface area contributed by atoms with Gasteiger partial charge in [-0.05, 0) is 72.7 Å². The third-order valence-corrected chi connectivity index (χ3v) is 12.4. The molecule has 2 unspecified atom stereocenters. The lowest BCUT2D eigenvalue weighted by Crippen LogP contribution is -2.47. The van der Waals surface area contributed by atoms with E-state index in [0.29, 0.717) is 59.7 Å². The number of hydrogen-bond acceptors (Lipinski definition) is 12. The van der Waals surface area contributed by atoms with Gasteiger partial charge in [0.2, 0.25) is 17.8 Å². The molecule has 2 saturated heterocycles. The number of phenols is 1. The summed E-state index contributed by atoms with van der Waals surface area (Å²) in [5, 5.41) is 27.4. The predicted octanol–water partition coefficient (Wildman–Crippen LogP) is 7.53. The number of rotatable bonds is 11. The minimum Gasteiger partial charge on any atom is -0.507 e. The lowest BCUT2D eigenvalue weighted by atomic mass is 9.90. The van der Waals surface area contributed by atoms with Crippen LogP contribution in [0.3, 0.4) is 0 Å². The Morgan fingerprint density at radius 1 is 0.932 bits per heavy atom. The standard InChI is InChI=1S/C45H43N9O4S/c1-26(2)41(44(57)54-16-6-8-38(54)43(56)46-20-28-10-12-29(13-11-28)42-27(3)49-25-59-42)40-19-36(52-58-40)32-21-47-45(48-22-32)53-23-33(24-53)30-14-15-35-31(17-30)18-37(51-50-35)34-7-4-5-9-39(34)55/h4-5,7,9-15,17-19,21-22,25-26,33,38,41,55H,6,8,16,20,23-24H2,1-3H3,(H,46,56). The molecule has 2 amide bonds. The molecule has 0 bridgehead atoms. The lowest BCUT2D eigenvalue weighted by Gasteiger charge is -2.39. The fourth-order valence-electron chi connectivity index (χ4n) is 8.06. The first-order valence-corrected chi connectivity index (χ1v) is 20.8. The van der Waals surface area contributed by atoms with Crippen molar-refractivity contribution in [3.05, 3.63) is 119 Å². The topological polar surface area (TPSA) is 163 Å². The smallest absolute Gasteiger partial charge is 0.243 e. The van der Waals surface area contributed by atoms with Crippen molar-refractivity contribution in [2.45, 2.75) is 58.0 Å². The Morgan fingerprint density at radius 3 is 2.47 bits per heavy atom. The summed E-state index contributed by atoms with van der Waals surface area (Å²) in [4.78, 5) is 46.2. The maximum atomic E-state index is 14.1. The molecule has 2 atom stereocenters. The number of likely N-dealkylation sites (tertiary alicyclic amines) is 1. The Bertz CT molecular complexity index is 2640. The number of fused-ring (bicyclic) bond motifs is 1. The number of nitrogens with one attached hydrogen (secondary N) is 1. The average molecular weight is 806 g/mol. The van der Waals surface area contributed by atoms with Crippen molar-refractivity contribution in [3.8, 4) is 38.7 Å². The van der Waals surface area contributed by atoms with E-state index >= 15 is 0 Å². The first-order chi connectivity index (χ1) is 28.7. The van der Waals surface area contributed by atoms with Crippen molar-refractivity contribution < 1.29 is 19.2 Å². The van der Waals surface area contributed by atoms with Crippen LogP contribution >= 0.6 is 11.3 Å². The molecule has 9 rings (SSSR count). The van der Waals surface area contributed by atoms with Crippen LogP contribution in [0.15, 0.2) is 101 Å². The zero-order valence-corrected chi connectivity index (χ0v) is 33.8. The Morgan fingerprint density at radius 2 is 1.73 bits per heavy atom. The van der Waals surface area contributed by atoms with Crippen LogP contribution in [0, 0.1) is 12.8 Å². The molecule has 2 aliphatic rings. The van der Waals surface area contributed by atoms with Crippen LogP contribution in [-0.2, 0) is 16.1 Å². The number of carbonyl (C=O) groups is 2. The molecule has 2 N–H and O–H groups in total. The first-order valence-electron chi connectivity index (χ1n) is 19.9. The van der Waals surface area contributed by atoms with E-state index in [1.165, 1.54) is 5.56 Å². The van der Waals surface area contributed by atoms with E-state index < -0.39 is 12.0 Å². The number of nitrogens with zero attached hydrogens (tertiary/aromatic N) is 8. The molecule has 0 aliphatic carbocycles. The number of para-hydroxylation sites is 1. The number of phenolic OH excluding ortho intramolecular Hbond substituents is 1. The van der Waals surface area contributed by atoms with Gasteiger partial charge in [-0.15, -0.1) is 21.5 Å². The van der Waals surface area contributed by atoms with Gasteiger partial charge in [0.15, 0.2) is 0 Å². The Balaban J connectivity index is 0.819. The minimum absolute atomic E-state index is 0.0962. The summed E-state index contributed by atoms with van der Waals surface area (Å²) in [5.74, 6) is 0.541. The third kappa shape index (κ3) is 7.63. The van der Waals surface area contributed by atoms with E-state index in [0.717, 1.165) is 52.1 Å². The van der Waals surface area contributed by atoms with Crippen LogP contribution in [-0.4, -0.2) is 77.8 Å². The fraction of sp³-hybridized carbons (Fsp3) is 0.289. The molecule has 3 aromatic carbocycles. The Labute approximate surface area is 345 Å². The highest BCUT2D eigenvalue weighted by molar-refractivity contribution is 7.13. The maximum Gasteiger partial charge on any atom is 0.243 e. The van der Waals surface area contributed by atoms with Crippen LogP contribution in [0.25, 0.3) is 43.9 Å². The number of amides is 2. The minimum atomic E-state index is -0.607. The number of aromatic hydroxyl groups is 1. The molecule has 0 radical (unpaired) electrons. The van der Waals surface area contributed by atoms with Crippen molar-refractivity contribution in [1.29, 1.82) is 0 Å². The summed E-state index contributed by atoms with van der Waals surface area (Å²) < 4.78 is 5.82. The molecule has 298 valence electrons. The van der Waals surface area contributed by atoms with Crippen molar-refractivity contribution in [3.63, 3.8) is 0 Å². The monoisotopic (exact) mass is 805 g/mol. The van der Waals surface area contributed by atoms with Gasteiger partial charge in [0.1, 0.15) is 29.2 Å². The van der Waals surface area contributed by atoms with E-state index in [2.05, 4.69) is 64.8 Å². The molecule has 0 saturated carbocycles. The molecule has 2 fully saturated rings. The number of hydrogen-bond donors (Lipinski definition) is 2. The Kier molecular flexibility index (Phi) is 10.3. The van der Waals surface area contributed by atoms with Crippen molar-refractivity contribution in [2.75, 3.05) is 24.5 Å². The van der Waals surface area contributed by atoms with Gasteiger partial charge in [-0.2, -0.15) is 0 Å². The number of benzene rings is 3. The van der Waals surface area contributed by atoms with Crippen molar-refractivity contribution >= 4 is 40.0 Å². The van der Waals surface area contributed by atoms with Gasteiger partial charge >= 0.3 is 0 Å². The highest BCUT2D eigenvalue weighted by atomic mass is 32.1. The van der Waals surface area contributed by atoms with Crippen LogP contribution in [0.1, 0.15) is 61.1 Å². The van der Waals surface area contributed by atoms with E-state index in [-0.39, 0.29) is 23.5 Å². The van der Waals surface area contributed by atoms with Gasteiger partial charge in [-0.25, -0.2) is 15.0 Å². The summed E-state index contributed by atoms with van der Waals surface area (Å²) in [7, 11) is 0. The van der Waals surface area contributed by atoms with E-state index in [4.69, 9.17) is 4.52 Å². The molecule has 2 aliphatic heterocycles. The summed E-state index contributed by atoms with van der Waals surface area (Å²) in [6.45, 7) is 8.36. The molecule has 4 aromatic heterocycles. The van der Waals surface area contributed by atoms with Gasteiger partial charge in [0.25, 0.3) is 0 Å². The van der Waals surface area contributed by atoms with E-state index in [1.54, 1.807) is 46.8 Å². The average Bonchev–Trinajstić information content (AvgIpc) is 4.02. The second-order valence-corrected chi connectivity index (χ2v) is 16.5. The number of aromatic nitrogens is 6. The van der Waals surface area contributed by atoms with Gasteiger partial charge in [-0.3, -0.25) is 9.59 Å². The zero-order chi connectivity index (χ0) is 40.6. The maximum absolute atomic E-state index is 14.1. The largest absolute Gasteiger partial charge is 0.507 e. The van der Waals surface area contributed by atoms with Gasteiger partial charge in [-0.1, -0.05) is 61.5 Å². The molecule has 14 heteroatoms. The summed E-state index contributed by atoms with van der Waals surface area (Å²) >= 11 is 1.61. The quantitative estimate of drug-likeness (QED) is 0.133. The molecule has 6 heterocycles. The molecule has 59 heavy (non-hydrogen) atoms. The normalized spacial score (nSPS) is 16.1. The van der Waals surface area contributed by atoms with Gasteiger partial charge in [0, 0.05) is 67.1 Å². The lowest BCUT2D eigenvalue weighted by molar-refractivity contribution is -0.140. The highest BCUT2D eigenvalue weighted by Gasteiger charge is 2.40. The summed E-state index contributed by atoms with van der Waals surface area (Å²) in [5.41, 5.74) is 9.41. The number of anilines is 1. The molecule has 13 nitrogen and oxygen atoms in total. The van der Waals surface area contributed by atoms with Crippen LogP contribution in [0.4, 0.5) is 5.95 Å². The SMILES string of the molecule is Cc1ncsc1-c1ccc(CNC(=O)C2CCCN2C(=O)C(c2cc(-c3cnc(N4CC(c5ccc6nnc(-c7ccccc7O)cc6c5)C4)nc3)no2)C(C)C)cc1. The molecular formula is C45H43N9O4S. The van der Waals surface area contributed by atoms with Crippen LogP contribution in [0.2, 0.25) is 0 Å². The highest BCUT2D eigenvalue weighted by Crippen LogP contribution is 2.36. The molecular weight excluding hydrogens is 763 g/mol. The predicted molar refractivity (Wildman–Crippen MR) is 226 cm³/mol. The van der Waals surface area contributed by atoms with Crippen molar-refractivity contribution in [1.82, 2.24) is 40.5 Å². The zero-order valence-electron chi connectivity index (χ0n) is 32.9. The van der Waals surface area contributed by atoms with Crippen molar-refractivity contribution in [2.24, 2.45) is 5.92 Å². The van der Waals surface area contributed by atoms with Gasteiger partial charge in [0.05, 0.1) is 27.3 Å². The van der Waals surface area contributed by atoms with E-state index in [1.807, 2.05) is 62.7 Å². The number of thiazole rings is 1. The van der Waals surface area contributed by atoms with E-state index in [9.17, 15) is 14.7 Å². The van der Waals surface area contributed by atoms with Crippen LogP contribution in [0.5, 0.6) is 5.75 Å². The van der Waals surface area contributed by atoms with Gasteiger partial charge < -0.3 is 24.7 Å². The fourth-order valence-corrected chi connectivity index (χ4v) is 8.87. The third-order valence-electron chi connectivity index (χ3n) is 11.4. The summed E-state index contributed by atoms with van der Waals surface area (Å²) in [6.07, 6.45) is 4.81. The second-order valence-electron chi connectivity index (χ2n) is 15.6. The molecule has 7 aromatic rings. The molecule has 0 spiro atoms. The first kappa shape index (κ1) is 38.0. The second kappa shape index (κ2) is 16.0. The number of carbonyl (C=O) groups excluding carboxylic acids is 2. The number of aryl methyl sites for hydroxylation is 1. The Hall–Kier alpha value is -6.54. The summed E-state index contributed by atoms with van der Waals surface area (Å²) in [6, 6.07) is 24.7. The van der Waals surface area contributed by atoms with Crippen LogP contribution < -0.4 is 10.2 Å².